The standard InChI is InChI=1S/C10H13N5O2/c1-11-10-13-8-7(4-12-15-8)9(14-10)17-6-2-3-16-5-6/h4,6H,2-3,5H2,1H3,(H2,11,12,13,14,15). The van der Waals surface area contributed by atoms with Gasteiger partial charge in [-0.1, -0.05) is 0 Å². The molecular formula is C10H13N5O2. The Morgan fingerprint density at radius 2 is 2.47 bits per heavy atom. The summed E-state index contributed by atoms with van der Waals surface area (Å²) in [5.41, 5.74) is 0.665. The average molecular weight is 235 g/mol. The highest BCUT2D eigenvalue weighted by atomic mass is 16.5. The van der Waals surface area contributed by atoms with Crippen LogP contribution in [-0.2, 0) is 4.74 Å². The van der Waals surface area contributed by atoms with Crippen molar-refractivity contribution in [3.63, 3.8) is 0 Å². The number of anilines is 1. The van der Waals surface area contributed by atoms with Crippen molar-refractivity contribution in [3.8, 4) is 5.88 Å². The summed E-state index contributed by atoms with van der Waals surface area (Å²) in [4.78, 5) is 8.53. The smallest absolute Gasteiger partial charge is 0.229 e. The van der Waals surface area contributed by atoms with E-state index in [0.29, 0.717) is 24.1 Å². The topological polar surface area (TPSA) is 85.0 Å². The largest absolute Gasteiger partial charge is 0.471 e. The molecule has 17 heavy (non-hydrogen) atoms. The third-order valence-corrected chi connectivity index (χ3v) is 2.66. The fourth-order valence-corrected chi connectivity index (χ4v) is 1.77. The summed E-state index contributed by atoms with van der Waals surface area (Å²) in [5, 5.41) is 10.4. The molecular weight excluding hydrogens is 222 g/mol. The first-order valence-corrected chi connectivity index (χ1v) is 5.50. The third kappa shape index (κ3) is 1.89. The second-order valence-corrected chi connectivity index (χ2v) is 3.84. The van der Waals surface area contributed by atoms with E-state index in [1.54, 1.807) is 13.2 Å². The molecule has 1 aliphatic heterocycles. The maximum Gasteiger partial charge on any atom is 0.229 e. The molecule has 0 aromatic carbocycles. The van der Waals surface area contributed by atoms with Gasteiger partial charge in [-0.25, -0.2) is 0 Å². The first kappa shape index (κ1) is 10.3. The minimum absolute atomic E-state index is 0.0627. The predicted molar refractivity (Wildman–Crippen MR) is 61.1 cm³/mol. The molecule has 3 heterocycles. The molecule has 2 N–H and O–H groups in total. The quantitative estimate of drug-likeness (QED) is 0.808. The van der Waals surface area contributed by atoms with Crippen molar-refractivity contribution in [3.05, 3.63) is 6.20 Å². The number of aromatic amines is 1. The van der Waals surface area contributed by atoms with Crippen molar-refractivity contribution in [2.24, 2.45) is 0 Å². The number of nitrogens with zero attached hydrogens (tertiary/aromatic N) is 3. The summed E-state index contributed by atoms with van der Waals surface area (Å²) < 4.78 is 11.1. The summed E-state index contributed by atoms with van der Waals surface area (Å²) in [6.07, 6.45) is 2.62. The van der Waals surface area contributed by atoms with Crippen LogP contribution in [0.2, 0.25) is 0 Å². The maximum absolute atomic E-state index is 5.81. The molecule has 7 nitrogen and oxygen atoms in total. The zero-order valence-electron chi connectivity index (χ0n) is 9.43. The van der Waals surface area contributed by atoms with Crippen LogP contribution < -0.4 is 10.1 Å². The van der Waals surface area contributed by atoms with Gasteiger partial charge < -0.3 is 14.8 Å². The number of rotatable bonds is 3. The Bertz CT molecular complexity index is 520. The highest BCUT2D eigenvalue weighted by Gasteiger charge is 2.20. The zero-order chi connectivity index (χ0) is 11.7. The van der Waals surface area contributed by atoms with Crippen molar-refractivity contribution in [1.29, 1.82) is 0 Å². The Labute approximate surface area is 97.5 Å². The molecule has 0 amide bonds. The molecule has 7 heteroatoms. The lowest BCUT2D eigenvalue weighted by molar-refractivity contribution is 0.139. The van der Waals surface area contributed by atoms with Gasteiger partial charge in [-0.3, -0.25) is 5.10 Å². The molecule has 0 spiro atoms. The van der Waals surface area contributed by atoms with Crippen molar-refractivity contribution in [2.45, 2.75) is 12.5 Å². The summed E-state index contributed by atoms with van der Waals surface area (Å²) in [6.45, 7) is 1.35. The van der Waals surface area contributed by atoms with Crippen LogP contribution in [0.4, 0.5) is 5.95 Å². The Morgan fingerprint density at radius 3 is 3.24 bits per heavy atom. The normalized spacial score (nSPS) is 19.7. The van der Waals surface area contributed by atoms with Gasteiger partial charge >= 0.3 is 0 Å². The summed E-state index contributed by atoms with van der Waals surface area (Å²) in [6, 6.07) is 0. The number of fused-ring (bicyclic) bond motifs is 1. The Hall–Kier alpha value is -1.89. The Kier molecular flexibility index (Phi) is 2.52. The van der Waals surface area contributed by atoms with Crippen LogP contribution >= 0.6 is 0 Å². The van der Waals surface area contributed by atoms with Crippen molar-refractivity contribution in [2.75, 3.05) is 25.6 Å². The lowest BCUT2D eigenvalue weighted by atomic mass is 10.3. The van der Waals surface area contributed by atoms with Gasteiger partial charge in [0.1, 0.15) is 11.5 Å². The molecule has 0 aliphatic carbocycles. The van der Waals surface area contributed by atoms with Crippen LogP contribution in [0, 0.1) is 0 Å². The molecule has 90 valence electrons. The van der Waals surface area contributed by atoms with Gasteiger partial charge in [0.15, 0.2) is 5.65 Å². The van der Waals surface area contributed by atoms with Crippen LogP contribution in [0.25, 0.3) is 11.0 Å². The highest BCUT2D eigenvalue weighted by molar-refractivity contribution is 5.80. The highest BCUT2D eigenvalue weighted by Crippen LogP contribution is 2.24. The molecule has 1 aliphatic rings. The van der Waals surface area contributed by atoms with Gasteiger partial charge in [0, 0.05) is 13.5 Å². The number of aromatic nitrogens is 4. The molecule has 1 atom stereocenters. The van der Waals surface area contributed by atoms with Gasteiger partial charge in [0.05, 0.1) is 19.4 Å². The SMILES string of the molecule is CNc1nc(OC2CCOC2)c2cn[nH]c2n1. The first-order valence-electron chi connectivity index (χ1n) is 5.50. The molecule has 3 rings (SSSR count). The van der Waals surface area contributed by atoms with Gasteiger partial charge in [0.25, 0.3) is 0 Å². The third-order valence-electron chi connectivity index (χ3n) is 2.66. The van der Waals surface area contributed by atoms with E-state index in [4.69, 9.17) is 9.47 Å². The van der Waals surface area contributed by atoms with E-state index in [1.807, 2.05) is 0 Å². The lowest BCUT2D eigenvalue weighted by Gasteiger charge is -2.11. The molecule has 1 unspecified atom stereocenters. The second kappa shape index (κ2) is 4.17. The monoisotopic (exact) mass is 235 g/mol. The predicted octanol–water partition coefficient (Wildman–Crippen LogP) is 0.562. The van der Waals surface area contributed by atoms with E-state index in [9.17, 15) is 0 Å². The zero-order valence-corrected chi connectivity index (χ0v) is 9.43. The van der Waals surface area contributed by atoms with E-state index in [1.165, 1.54) is 0 Å². The fourth-order valence-electron chi connectivity index (χ4n) is 1.77. The van der Waals surface area contributed by atoms with Crippen molar-refractivity contribution >= 4 is 17.0 Å². The Morgan fingerprint density at radius 1 is 1.53 bits per heavy atom. The van der Waals surface area contributed by atoms with Crippen LogP contribution in [0.1, 0.15) is 6.42 Å². The minimum atomic E-state index is 0.0627. The van der Waals surface area contributed by atoms with Crippen LogP contribution in [0.3, 0.4) is 0 Å². The van der Waals surface area contributed by atoms with Gasteiger partial charge in [-0.15, -0.1) is 0 Å². The molecule has 1 saturated heterocycles. The number of hydrogen-bond acceptors (Lipinski definition) is 6. The second-order valence-electron chi connectivity index (χ2n) is 3.84. The van der Waals surface area contributed by atoms with E-state index in [-0.39, 0.29) is 6.10 Å². The minimum Gasteiger partial charge on any atom is -0.471 e. The van der Waals surface area contributed by atoms with E-state index in [0.717, 1.165) is 18.4 Å². The van der Waals surface area contributed by atoms with Crippen molar-refractivity contribution in [1.82, 2.24) is 20.2 Å². The number of hydrogen-bond donors (Lipinski definition) is 2. The van der Waals surface area contributed by atoms with Crippen LogP contribution in [0.15, 0.2) is 6.20 Å². The average Bonchev–Trinajstić information content (AvgIpc) is 2.98. The molecule has 2 aromatic heterocycles. The maximum atomic E-state index is 5.81. The molecule has 0 radical (unpaired) electrons. The fraction of sp³-hybridized carbons (Fsp3) is 0.500. The Balaban J connectivity index is 1.97. The van der Waals surface area contributed by atoms with E-state index >= 15 is 0 Å². The summed E-state index contributed by atoms with van der Waals surface area (Å²) >= 11 is 0. The van der Waals surface area contributed by atoms with E-state index in [2.05, 4.69) is 25.5 Å². The van der Waals surface area contributed by atoms with Crippen LogP contribution in [0.5, 0.6) is 5.88 Å². The van der Waals surface area contributed by atoms with E-state index < -0.39 is 0 Å². The van der Waals surface area contributed by atoms with Crippen molar-refractivity contribution < 1.29 is 9.47 Å². The van der Waals surface area contributed by atoms with Gasteiger partial charge in [0.2, 0.25) is 11.8 Å². The summed E-state index contributed by atoms with van der Waals surface area (Å²) in [5.74, 6) is 1.05. The number of H-pyrrole nitrogens is 1. The van der Waals surface area contributed by atoms with Crippen LogP contribution in [-0.4, -0.2) is 46.5 Å². The molecule has 0 saturated carbocycles. The summed E-state index contributed by atoms with van der Waals surface area (Å²) in [7, 11) is 1.76. The lowest BCUT2D eigenvalue weighted by Crippen LogP contribution is -2.17. The number of ether oxygens (including phenoxy) is 2. The molecule has 1 fully saturated rings. The molecule has 0 bridgehead atoms. The first-order chi connectivity index (χ1) is 8.36. The molecule has 2 aromatic rings. The van der Waals surface area contributed by atoms with Gasteiger partial charge in [-0.05, 0) is 0 Å². The van der Waals surface area contributed by atoms with Gasteiger partial charge in [-0.2, -0.15) is 15.1 Å². The number of nitrogens with one attached hydrogen (secondary N) is 2.